The Morgan fingerprint density at radius 3 is 2.77 bits per heavy atom. The highest BCUT2D eigenvalue weighted by Crippen LogP contribution is 2.50. The Balaban J connectivity index is 1.51. The van der Waals surface area contributed by atoms with Crippen molar-refractivity contribution in [3.63, 3.8) is 0 Å². The van der Waals surface area contributed by atoms with Crippen LogP contribution in [0.4, 0.5) is 0 Å². The molecule has 2 heterocycles. The van der Waals surface area contributed by atoms with E-state index >= 15 is 0 Å². The van der Waals surface area contributed by atoms with E-state index in [0.717, 1.165) is 24.8 Å². The van der Waals surface area contributed by atoms with E-state index in [-0.39, 0.29) is 41.4 Å². The van der Waals surface area contributed by atoms with E-state index in [1.54, 1.807) is 19.2 Å². The number of carbonyl (C=O) groups is 2. The highest BCUT2D eigenvalue weighted by molar-refractivity contribution is 6.32. The zero-order chi connectivity index (χ0) is 21.6. The number of benzene rings is 1. The van der Waals surface area contributed by atoms with E-state index in [2.05, 4.69) is 13.8 Å². The third-order valence-electron chi connectivity index (χ3n) is 6.84. The van der Waals surface area contributed by atoms with E-state index in [9.17, 15) is 14.7 Å². The molecule has 3 aliphatic rings. The number of fused-ring (bicyclic) bond motifs is 3. The number of phenolic OH excluding ortho intramolecular Hbond substituents is 1. The summed E-state index contributed by atoms with van der Waals surface area (Å²) in [6.07, 6.45) is 5.28. The standard InChI is InChI=1S/C24H28ClNO4/c1-4-14-10-17-22(24(29)26(3)23(17)28)18-12-30-20(21(14)18)8-5-13(2)9-15-6-7-16(27)11-19(15)25/h6-7,9,11,17-18,20,22,27H,4-5,8,10,12H2,1-3H3/b13-9+/t17-,18+,20-,22-/m1/s1. The monoisotopic (exact) mass is 429 g/mol. The molecular formula is C24H28ClNO4. The number of rotatable bonds is 5. The highest BCUT2D eigenvalue weighted by atomic mass is 35.5. The van der Waals surface area contributed by atoms with Crippen LogP contribution in [0.15, 0.2) is 34.9 Å². The summed E-state index contributed by atoms with van der Waals surface area (Å²) in [5.41, 5.74) is 4.62. The molecule has 1 aliphatic carbocycles. The van der Waals surface area contributed by atoms with Crippen molar-refractivity contribution in [2.45, 2.75) is 45.6 Å². The van der Waals surface area contributed by atoms with Gasteiger partial charge in [0.15, 0.2) is 0 Å². The van der Waals surface area contributed by atoms with Crippen molar-refractivity contribution in [1.82, 2.24) is 4.90 Å². The molecule has 1 N–H and O–H groups in total. The maximum Gasteiger partial charge on any atom is 0.233 e. The van der Waals surface area contributed by atoms with Crippen molar-refractivity contribution < 1.29 is 19.4 Å². The number of carbonyl (C=O) groups excluding carboxylic acids is 2. The van der Waals surface area contributed by atoms with E-state index in [1.165, 1.54) is 21.6 Å². The molecule has 1 aromatic rings. The Kier molecular flexibility index (Phi) is 5.78. The van der Waals surface area contributed by atoms with Crippen molar-refractivity contribution in [1.29, 1.82) is 0 Å². The summed E-state index contributed by atoms with van der Waals surface area (Å²) in [6.45, 7) is 4.71. The Bertz CT molecular complexity index is 951. The first-order chi connectivity index (χ1) is 14.3. The van der Waals surface area contributed by atoms with E-state index in [1.807, 2.05) is 12.1 Å². The average molecular weight is 430 g/mol. The van der Waals surface area contributed by atoms with Crippen LogP contribution in [-0.4, -0.2) is 41.6 Å². The minimum Gasteiger partial charge on any atom is -0.508 e. The number of likely N-dealkylation sites (tertiary alicyclic amines) is 1. The Morgan fingerprint density at radius 2 is 2.07 bits per heavy atom. The molecule has 5 nitrogen and oxygen atoms in total. The van der Waals surface area contributed by atoms with Crippen LogP contribution in [0.2, 0.25) is 5.02 Å². The summed E-state index contributed by atoms with van der Waals surface area (Å²) in [6, 6.07) is 4.98. The maximum absolute atomic E-state index is 12.7. The molecule has 1 aromatic carbocycles. The zero-order valence-corrected chi connectivity index (χ0v) is 18.4. The molecule has 2 saturated heterocycles. The molecular weight excluding hydrogens is 402 g/mol. The lowest BCUT2D eigenvalue weighted by Crippen LogP contribution is -2.33. The predicted molar refractivity (Wildman–Crippen MR) is 116 cm³/mol. The molecule has 160 valence electrons. The van der Waals surface area contributed by atoms with Gasteiger partial charge < -0.3 is 9.84 Å². The first-order valence-electron chi connectivity index (χ1n) is 10.6. The van der Waals surface area contributed by atoms with E-state index < -0.39 is 0 Å². The lowest BCUT2D eigenvalue weighted by atomic mass is 9.69. The van der Waals surface area contributed by atoms with Crippen molar-refractivity contribution in [3.05, 3.63) is 45.5 Å². The van der Waals surface area contributed by atoms with E-state index in [4.69, 9.17) is 16.3 Å². The molecule has 30 heavy (non-hydrogen) atoms. The molecule has 4 atom stereocenters. The fraction of sp³-hybridized carbons (Fsp3) is 0.500. The molecule has 0 aromatic heterocycles. The number of ether oxygens (including phenoxy) is 1. The topological polar surface area (TPSA) is 66.8 Å². The largest absolute Gasteiger partial charge is 0.508 e. The van der Waals surface area contributed by atoms with Crippen LogP contribution in [0, 0.1) is 17.8 Å². The molecule has 0 unspecified atom stereocenters. The van der Waals surface area contributed by atoms with Crippen LogP contribution in [-0.2, 0) is 14.3 Å². The summed E-state index contributed by atoms with van der Waals surface area (Å²) >= 11 is 6.22. The first-order valence-corrected chi connectivity index (χ1v) is 11.0. The second kappa shape index (κ2) is 8.20. The average Bonchev–Trinajstić information content (AvgIpc) is 3.23. The second-order valence-electron chi connectivity index (χ2n) is 8.65. The van der Waals surface area contributed by atoms with Gasteiger partial charge in [-0.15, -0.1) is 0 Å². The van der Waals surface area contributed by atoms with Crippen LogP contribution < -0.4 is 0 Å². The number of nitrogens with zero attached hydrogens (tertiary/aromatic N) is 1. The normalized spacial score (nSPS) is 28.9. The van der Waals surface area contributed by atoms with Crippen LogP contribution in [0.25, 0.3) is 6.08 Å². The Hall–Kier alpha value is -2.11. The first kappa shape index (κ1) is 21.1. The van der Waals surface area contributed by atoms with E-state index in [0.29, 0.717) is 18.1 Å². The maximum atomic E-state index is 12.7. The summed E-state index contributed by atoms with van der Waals surface area (Å²) in [5.74, 6) is -0.383. The van der Waals surface area contributed by atoms with Gasteiger partial charge >= 0.3 is 0 Å². The quantitative estimate of drug-likeness (QED) is 0.549. The van der Waals surface area contributed by atoms with Crippen molar-refractivity contribution in [2.24, 2.45) is 17.8 Å². The van der Waals surface area contributed by atoms with Gasteiger partial charge in [-0.2, -0.15) is 0 Å². The number of amides is 2. The van der Waals surface area contributed by atoms with Crippen molar-refractivity contribution in [2.75, 3.05) is 13.7 Å². The van der Waals surface area contributed by atoms with Crippen LogP contribution in [0.3, 0.4) is 0 Å². The molecule has 2 fully saturated rings. The highest BCUT2D eigenvalue weighted by Gasteiger charge is 2.55. The van der Waals surface area contributed by atoms with Crippen molar-refractivity contribution in [3.8, 4) is 5.75 Å². The molecule has 6 heteroatoms. The lowest BCUT2D eigenvalue weighted by Gasteiger charge is -2.31. The molecule has 0 spiro atoms. The summed E-state index contributed by atoms with van der Waals surface area (Å²) < 4.78 is 6.17. The van der Waals surface area contributed by atoms with Crippen LogP contribution in [0.1, 0.15) is 45.1 Å². The van der Waals surface area contributed by atoms with Gasteiger partial charge in [0.1, 0.15) is 5.75 Å². The predicted octanol–water partition coefficient (Wildman–Crippen LogP) is 4.59. The van der Waals surface area contributed by atoms with Gasteiger partial charge in [-0.25, -0.2) is 0 Å². The SMILES string of the molecule is CCC1=C2[C@@H](CC/C(C)=C/c3ccc(O)cc3Cl)OC[C@@H]2[C@@H]2C(=O)N(C)C(=O)[C@@H]2C1. The molecule has 2 amide bonds. The van der Waals surface area contributed by atoms with Gasteiger partial charge in [-0.05, 0) is 61.9 Å². The summed E-state index contributed by atoms with van der Waals surface area (Å²) in [4.78, 5) is 26.5. The number of allylic oxidation sites excluding steroid dienone is 2. The van der Waals surface area contributed by atoms with Gasteiger partial charge in [-0.3, -0.25) is 14.5 Å². The molecule has 0 saturated carbocycles. The third kappa shape index (κ3) is 3.58. The van der Waals surface area contributed by atoms with Gasteiger partial charge in [-0.1, -0.05) is 35.7 Å². The third-order valence-corrected chi connectivity index (χ3v) is 7.17. The molecule has 0 bridgehead atoms. The number of imide groups is 1. The number of hydrogen-bond acceptors (Lipinski definition) is 4. The number of aromatic hydroxyl groups is 1. The van der Waals surface area contributed by atoms with Gasteiger partial charge in [0.05, 0.1) is 29.6 Å². The Morgan fingerprint density at radius 1 is 1.30 bits per heavy atom. The fourth-order valence-electron chi connectivity index (χ4n) is 5.30. The number of halogens is 1. The smallest absolute Gasteiger partial charge is 0.233 e. The zero-order valence-electron chi connectivity index (χ0n) is 17.7. The fourth-order valence-corrected chi connectivity index (χ4v) is 5.53. The van der Waals surface area contributed by atoms with Crippen LogP contribution in [0.5, 0.6) is 5.75 Å². The summed E-state index contributed by atoms with van der Waals surface area (Å²) in [5, 5.41) is 10.0. The number of phenols is 1. The minimum atomic E-state index is -0.259. The molecule has 4 rings (SSSR count). The Labute approximate surface area is 182 Å². The second-order valence-corrected chi connectivity index (χ2v) is 9.06. The molecule has 2 aliphatic heterocycles. The molecule has 0 radical (unpaired) electrons. The van der Waals surface area contributed by atoms with Crippen molar-refractivity contribution >= 4 is 29.5 Å². The summed E-state index contributed by atoms with van der Waals surface area (Å²) in [7, 11) is 1.60. The lowest BCUT2D eigenvalue weighted by molar-refractivity contribution is -0.138. The number of hydrogen-bond donors (Lipinski definition) is 1. The van der Waals surface area contributed by atoms with Gasteiger partial charge in [0, 0.05) is 13.0 Å². The van der Waals surface area contributed by atoms with Crippen LogP contribution >= 0.6 is 11.6 Å². The minimum absolute atomic E-state index is 0.00153. The van der Waals surface area contributed by atoms with Gasteiger partial charge in [0.2, 0.25) is 11.8 Å². The van der Waals surface area contributed by atoms with Gasteiger partial charge in [0.25, 0.3) is 0 Å².